The van der Waals surface area contributed by atoms with Crippen molar-refractivity contribution in [1.29, 1.82) is 0 Å². The molecule has 4 bridgehead atoms. The van der Waals surface area contributed by atoms with Crippen molar-refractivity contribution < 1.29 is 0 Å². The highest BCUT2D eigenvalue weighted by molar-refractivity contribution is 5.01. The van der Waals surface area contributed by atoms with Crippen molar-refractivity contribution >= 4 is 0 Å². The molecule has 4 rings (SSSR count). The van der Waals surface area contributed by atoms with E-state index in [1.54, 1.807) is 6.42 Å². The Balaban J connectivity index is 1.57. The maximum Gasteiger partial charge on any atom is 0.0244 e. The van der Waals surface area contributed by atoms with E-state index >= 15 is 0 Å². The Morgan fingerprint density at radius 2 is 1.58 bits per heavy atom. The molecule has 0 amide bonds. The lowest BCUT2D eigenvalue weighted by Gasteiger charge is -2.56. The van der Waals surface area contributed by atoms with E-state index in [2.05, 4.69) is 12.3 Å². The topological polar surface area (TPSA) is 38.0 Å². The van der Waals surface area contributed by atoms with Crippen LogP contribution >= 0.6 is 0 Å². The van der Waals surface area contributed by atoms with Crippen molar-refractivity contribution in [3.63, 3.8) is 0 Å². The number of nitrogens with one attached hydrogen (secondary N) is 1. The molecule has 3 N–H and O–H groups in total. The lowest BCUT2D eigenvalue weighted by Crippen LogP contribution is -2.54. The third-order valence-corrected chi connectivity index (χ3v) is 6.35. The molecule has 4 saturated carbocycles. The standard InChI is InChI=1S/C17H32N2/c1-2-3-4-5-6-16(19-18)17-14-8-12-7-13(10-14)11-15(17)9-12/h12-17,19H,2-11,18H2,1H3. The summed E-state index contributed by atoms with van der Waals surface area (Å²) in [5.74, 6) is 11.0. The van der Waals surface area contributed by atoms with Crippen LogP contribution in [0.15, 0.2) is 0 Å². The van der Waals surface area contributed by atoms with E-state index in [4.69, 9.17) is 5.84 Å². The fraction of sp³-hybridized carbons (Fsp3) is 1.00. The molecule has 4 fully saturated rings. The second-order valence-electron chi connectivity index (χ2n) is 7.63. The summed E-state index contributed by atoms with van der Waals surface area (Å²) in [5.41, 5.74) is 3.21. The average Bonchev–Trinajstić information content (AvgIpc) is 2.40. The molecule has 2 heteroatoms. The van der Waals surface area contributed by atoms with Gasteiger partial charge in [0.1, 0.15) is 0 Å². The van der Waals surface area contributed by atoms with E-state index in [9.17, 15) is 0 Å². The largest absolute Gasteiger partial charge is 0.271 e. The van der Waals surface area contributed by atoms with Gasteiger partial charge in [0.2, 0.25) is 0 Å². The van der Waals surface area contributed by atoms with Crippen LogP contribution in [0.4, 0.5) is 0 Å². The van der Waals surface area contributed by atoms with Crippen LogP contribution in [0.25, 0.3) is 0 Å². The van der Waals surface area contributed by atoms with Crippen LogP contribution in [0, 0.1) is 29.6 Å². The van der Waals surface area contributed by atoms with Gasteiger partial charge in [-0.2, -0.15) is 0 Å². The number of unbranched alkanes of at least 4 members (excludes halogenated alkanes) is 3. The van der Waals surface area contributed by atoms with E-state index < -0.39 is 0 Å². The third kappa shape index (κ3) is 2.85. The second-order valence-corrected chi connectivity index (χ2v) is 7.63. The van der Waals surface area contributed by atoms with Gasteiger partial charge in [-0.25, -0.2) is 0 Å². The maximum absolute atomic E-state index is 5.92. The van der Waals surface area contributed by atoms with E-state index in [0.29, 0.717) is 6.04 Å². The monoisotopic (exact) mass is 264 g/mol. The first-order valence-electron chi connectivity index (χ1n) is 8.78. The predicted octanol–water partition coefficient (Wildman–Crippen LogP) is 3.86. The van der Waals surface area contributed by atoms with E-state index in [1.165, 1.54) is 57.8 Å². The summed E-state index contributed by atoms with van der Waals surface area (Å²) in [5, 5.41) is 0. The van der Waals surface area contributed by atoms with Gasteiger partial charge < -0.3 is 0 Å². The Morgan fingerprint density at radius 3 is 2.11 bits per heavy atom. The Labute approximate surface area is 118 Å². The molecule has 1 unspecified atom stereocenters. The zero-order chi connectivity index (χ0) is 13.2. The number of hydrogen-bond donors (Lipinski definition) is 2. The highest BCUT2D eigenvalue weighted by Gasteiger charge is 2.50. The normalized spacial score (nSPS) is 41.7. The minimum atomic E-state index is 0.604. The zero-order valence-electron chi connectivity index (χ0n) is 12.6. The minimum absolute atomic E-state index is 0.604. The Kier molecular flexibility index (Phi) is 4.48. The van der Waals surface area contributed by atoms with Gasteiger partial charge in [-0.15, -0.1) is 0 Å². The molecular formula is C17H32N2. The van der Waals surface area contributed by atoms with Crippen LogP contribution < -0.4 is 11.3 Å². The first kappa shape index (κ1) is 13.9. The zero-order valence-corrected chi connectivity index (χ0v) is 12.6. The van der Waals surface area contributed by atoms with Gasteiger partial charge in [-0.1, -0.05) is 32.6 Å². The molecular weight excluding hydrogens is 232 g/mol. The molecule has 4 aliphatic carbocycles. The van der Waals surface area contributed by atoms with Crippen molar-refractivity contribution in [2.45, 2.75) is 77.2 Å². The lowest BCUT2D eigenvalue weighted by atomic mass is 9.50. The van der Waals surface area contributed by atoms with Gasteiger partial charge in [0.15, 0.2) is 0 Å². The Bertz CT molecular complexity index is 261. The van der Waals surface area contributed by atoms with Gasteiger partial charge in [-0.3, -0.25) is 11.3 Å². The first-order valence-corrected chi connectivity index (χ1v) is 8.78. The molecule has 4 aliphatic rings. The second kappa shape index (κ2) is 6.13. The predicted molar refractivity (Wildman–Crippen MR) is 80.4 cm³/mol. The van der Waals surface area contributed by atoms with Gasteiger partial charge in [0.25, 0.3) is 0 Å². The summed E-state index contributed by atoms with van der Waals surface area (Å²) < 4.78 is 0. The summed E-state index contributed by atoms with van der Waals surface area (Å²) >= 11 is 0. The van der Waals surface area contributed by atoms with Crippen LogP contribution in [0.3, 0.4) is 0 Å². The van der Waals surface area contributed by atoms with E-state index in [0.717, 1.165) is 29.6 Å². The van der Waals surface area contributed by atoms with Crippen molar-refractivity contribution in [2.75, 3.05) is 0 Å². The molecule has 0 aromatic rings. The summed E-state index contributed by atoms with van der Waals surface area (Å²) in [6.45, 7) is 2.29. The summed E-state index contributed by atoms with van der Waals surface area (Å²) in [6.07, 6.45) is 14.4. The molecule has 0 aromatic carbocycles. The van der Waals surface area contributed by atoms with Gasteiger partial charge >= 0.3 is 0 Å². The smallest absolute Gasteiger partial charge is 0.0244 e. The van der Waals surface area contributed by atoms with Crippen LogP contribution in [-0.4, -0.2) is 6.04 Å². The summed E-state index contributed by atoms with van der Waals surface area (Å²) in [7, 11) is 0. The average molecular weight is 264 g/mol. The quantitative estimate of drug-likeness (QED) is 0.416. The third-order valence-electron chi connectivity index (χ3n) is 6.35. The van der Waals surface area contributed by atoms with Crippen LogP contribution in [0.2, 0.25) is 0 Å². The first-order chi connectivity index (χ1) is 9.31. The van der Waals surface area contributed by atoms with Gasteiger partial charge in [-0.05, 0) is 68.1 Å². The van der Waals surface area contributed by atoms with Crippen molar-refractivity contribution in [2.24, 2.45) is 35.4 Å². The minimum Gasteiger partial charge on any atom is -0.271 e. The molecule has 0 heterocycles. The molecule has 0 aliphatic heterocycles. The highest BCUT2D eigenvalue weighted by Crippen LogP contribution is 2.57. The maximum atomic E-state index is 5.92. The van der Waals surface area contributed by atoms with Crippen LogP contribution in [0.1, 0.15) is 71.1 Å². The van der Waals surface area contributed by atoms with Crippen LogP contribution in [-0.2, 0) is 0 Å². The molecule has 110 valence electrons. The van der Waals surface area contributed by atoms with E-state index in [-0.39, 0.29) is 0 Å². The van der Waals surface area contributed by atoms with Gasteiger partial charge in [0.05, 0.1) is 0 Å². The molecule has 0 saturated heterocycles. The summed E-state index contributed by atoms with van der Waals surface area (Å²) in [4.78, 5) is 0. The molecule has 19 heavy (non-hydrogen) atoms. The molecule has 0 spiro atoms. The molecule has 2 nitrogen and oxygen atoms in total. The van der Waals surface area contributed by atoms with E-state index in [1.807, 2.05) is 0 Å². The number of hydrazine groups is 1. The summed E-state index contributed by atoms with van der Waals surface area (Å²) in [6, 6.07) is 0.604. The fourth-order valence-electron chi connectivity index (χ4n) is 5.80. The Hall–Kier alpha value is -0.0800. The Morgan fingerprint density at radius 1 is 0.947 bits per heavy atom. The molecule has 0 radical (unpaired) electrons. The lowest BCUT2D eigenvalue weighted by molar-refractivity contribution is -0.0532. The SMILES string of the molecule is CCCCCCC(NN)C1C2CC3CC(C2)CC1C3. The van der Waals surface area contributed by atoms with Crippen molar-refractivity contribution in [3.8, 4) is 0 Å². The molecule has 0 aromatic heterocycles. The van der Waals surface area contributed by atoms with Crippen LogP contribution in [0.5, 0.6) is 0 Å². The number of nitrogens with two attached hydrogens (primary N) is 1. The van der Waals surface area contributed by atoms with Crippen molar-refractivity contribution in [1.82, 2.24) is 5.43 Å². The number of rotatable bonds is 7. The molecule has 1 atom stereocenters. The number of hydrogen-bond acceptors (Lipinski definition) is 2. The highest BCUT2D eigenvalue weighted by atomic mass is 15.2. The fourth-order valence-corrected chi connectivity index (χ4v) is 5.80. The van der Waals surface area contributed by atoms with Gasteiger partial charge in [0, 0.05) is 6.04 Å². The van der Waals surface area contributed by atoms with Crippen molar-refractivity contribution in [3.05, 3.63) is 0 Å².